The van der Waals surface area contributed by atoms with Crippen LogP contribution < -0.4 is 10.6 Å². The number of amides is 2. The molecule has 3 aromatic rings. The molecule has 6 rings (SSSR count). The number of benzene rings is 1. The fourth-order valence-corrected chi connectivity index (χ4v) is 5.57. The minimum absolute atomic E-state index is 0.128. The van der Waals surface area contributed by atoms with Crippen molar-refractivity contribution in [2.45, 2.75) is 63.6 Å². The normalized spacial score (nSPS) is 20.4. The number of β-lactam (4-membered cyclic amide) rings is 1. The Labute approximate surface area is 230 Å². The van der Waals surface area contributed by atoms with Crippen LogP contribution in [0, 0.1) is 6.92 Å². The molecule has 210 valence electrons. The molecule has 2 amide bonds. The minimum Gasteiger partial charge on any atom is -0.356 e. The van der Waals surface area contributed by atoms with Gasteiger partial charge in [-0.2, -0.15) is 13.2 Å². The molecule has 1 atom stereocenters. The van der Waals surface area contributed by atoms with Gasteiger partial charge in [0.1, 0.15) is 5.69 Å². The number of hydrogen-bond acceptors (Lipinski definition) is 6. The fraction of sp³-hybridized carbons (Fsp3) is 0.414. The minimum atomic E-state index is -4.54. The maximum Gasteiger partial charge on any atom is 0.433 e. The Morgan fingerprint density at radius 1 is 1.02 bits per heavy atom. The van der Waals surface area contributed by atoms with Crippen molar-refractivity contribution < 1.29 is 22.8 Å². The molecule has 2 aromatic heterocycles. The number of alkyl halides is 3. The van der Waals surface area contributed by atoms with Gasteiger partial charge < -0.3 is 15.5 Å². The predicted octanol–water partition coefficient (Wildman–Crippen LogP) is 5.51. The number of rotatable bonds is 4. The zero-order valence-corrected chi connectivity index (χ0v) is 22.2. The van der Waals surface area contributed by atoms with E-state index in [0.29, 0.717) is 12.1 Å². The number of anilines is 2. The van der Waals surface area contributed by atoms with Gasteiger partial charge in [0.2, 0.25) is 17.8 Å². The number of pyridine rings is 1. The Morgan fingerprint density at radius 2 is 1.88 bits per heavy atom. The summed E-state index contributed by atoms with van der Waals surface area (Å²) in [7, 11) is 0. The molecular weight excluding hydrogens is 521 g/mol. The van der Waals surface area contributed by atoms with Gasteiger partial charge in [0.05, 0.1) is 12.0 Å². The van der Waals surface area contributed by atoms with Gasteiger partial charge in [0.25, 0.3) is 0 Å². The largest absolute Gasteiger partial charge is 0.433 e. The number of aromatic nitrogens is 3. The standard InChI is InChI=1S/C23H20F3N5O.C6H11NO/c1-14-7-15(10-18(8-14)29-21-28-5-3-19(30-21)23(24,25)26)16-9-17(13-27-12-16)22-4-2-6-31(22)20(32)11-22;8-6-4-2-1-3-5-7-6/h3,5,7-10,12-13H,2,4,6,11H2,1H3,(H,28,29,30);1-5H2,(H,7,8). The first-order valence-electron chi connectivity index (χ1n) is 13.5. The molecule has 11 heteroatoms. The molecule has 1 aromatic carbocycles. The third kappa shape index (κ3) is 5.93. The van der Waals surface area contributed by atoms with Gasteiger partial charge in [-0.1, -0.05) is 12.5 Å². The monoisotopic (exact) mass is 552 g/mol. The summed E-state index contributed by atoms with van der Waals surface area (Å²) >= 11 is 0. The topological polar surface area (TPSA) is 100 Å². The van der Waals surface area contributed by atoms with Gasteiger partial charge >= 0.3 is 6.18 Å². The third-order valence-electron chi connectivity index (χ3n) is 7.52. The summed E-state index contributed by atoms with van der Waals surface area (Å²) < 4.78 is 38.9. The van der Waals surface area contributed by atoms with Gasteiger partial charge in [0, 0.05) is 49.4 Å². The molecule has 3 aliphatic heterocycles. The smallest absolute Gasteiger partial charge is 0.356 e. The summed E-state index contributed by atoms with van der Waals surface area (Å²) in [4.78, 5) is 36.4. The van der Waals surface area contributed by atoms with Gasteiger partial charge in [-0.15, -0.1) is 0 Å². The molecule has 1 unspecified atom stereocenters. The highest BCUT2D eigenvalue weighted by Gasteiger charge is 2.54. The van der Waals surface area contributed by atoms with E-state index < -0.39 is 11.9 Å². The number of carbonyl (C=O) groups excluding carboxylic acids is 2. The predicted molar refractivity (Wildman–Crippen MR) is 143 cm³/mol. The van der Waals surface area contributed by atoms with Crippen molar-refractivity contribution in [3.63, 3.8) is 0 Å². The Kier molecular flexibility index (Phi) is 7.73. The Bertz CT molecular complexity index is 1400. The quantitative estimate of drug-likeness (QED) is 0.414. The first kappa shape index (κ1) is 27.5. The van der Waals surface area contributed by atoms with E-state index in [9.17, 15) is 22.8 Å². The van der Waals surface area contributed by atoms with Gasteiger partial charge in [0.15, 0.2) is 0 Å². The summed E-state index contributed by atoms with van der Waals surface area (Å²) in [5.74, 6) is 0.273. The van der Waals surface area contributed by atoms with Crippen LogP contribution in [0.15, 0.2) is 48.9 Å². The number of carbonyl (C=O) groups is 2. The lowest BCUT2D eigenvalue weighted by molar-refractivity contribution is -0.153. The highest BCUT2D eigenvalue weighted by atomic mass is 19.4. The zero-order valence-electron chi connectivity index (χ0n) is 22.2. The van der Waals surface area contributed by atoms with Crippen LogP contribution in [0.5, 0.6) is 0 Å². The number of halogens is 3. The van der Waals surface area contributed by atoms with E-state index in [-0.39, 0.29) is 23.3 Å². The maximum absolute atomic E-state index is 13.0. The van der Waals surface area contributed by atoms with Crippen LogP contribution in [-0.4, -0.2) is 44.8 Å². The molecule has 3 aliphatic rings. The first-order chi connectivity index (χ1) is 19.1. The van der Waals surface area contributed by atoms with Crippen molar-refractivity contribution in [1.29, 1.82) is 0 Å². The second-order valence-electron chi connectivity index (χ2n) is 10.5. The lowest BCUT2D eigenvalue weighted by Gasteiger charge is -2.47. The molecule has 5 heterocycles. The van der Waals surface area contributed by atoms with Gasteiger partial charge in [-0.05, 0) is 73.6 Å². The Morgan fingerprint density at radius 3 is 2.67 bits per heavy atom. The molecule has 0 bridgehead atoms. The summed E-state index contributed by atoms with van der Waals surface area (Å²) in [6.45, 7) is 3.57. The van der Waals surface area contributed by atoms with Crippen LogP contribution in [0.3, 0.4) is 0 Å². The number of fused-ring (bicyclic) bond motifs is 1. The molecule has 0 radical (unpaired) electrons. The van der Waals surface area contributed by atoms with E-state index in [4.69, 9.17) is 0 Å². The fourth-order valence-electron chi connectivity index (χ4n) is 5.57. The van der Waals surface area contributed by atoms with Crippen LogP contribution in [0.1, 0.15) is 61.8 Å². The average molecular weight is 553 g/mol. The van der Waals surface area contributed by atoms with Crippen molar-refractivity contribution in [2.75, 3.05) is 18.4 Å². The van der Waals surface area contributed by atoms with E-state index in [2.05, 4.69) is 31.7 Å². The highest BCUT2D eigenvalue weighted by molar-refractivity contribution is 5.86. The van der Waals surface area contributed by atoms with E-state index >= 15 is 0 Å². The van der Waals surface area contributed by atoms with Gasteiger partial charge in [-0.3, -0.25) is 14.6 Å². The van der Waals surface area contributed by atoms with Crippen molar-refractivity contribution in [3.05, 3.63) is 65.7 Å². The lowest BCUT2D eigenvalue weighted by atomic mass is 9.78. The molecular formula is C29H31F3N6O2. The molecule has 2 N–H and O–H groups in total. The first-order valence-corrected chi connectivity index (χ1v) is 13.5. The molecule has 3 fully saturated rings. The van der Waals surface area contributed by atoms with E-state index in [1.165, 1.54) is 6.42 Å². The Hall–Kier alpha value is -4.02. The zero-order chi connectivity index (χ0) is 28.3. The molecule has 40 heavy (non-hydrogen) atoms. The molecule has 3 saturated heterocycles. The summed E-state index contributed by atoms with van der Waals surface area (Å²) in [5.41, 5.74) is 2.99. The second kappa shape index (κ2) is 11.2. The van der Waals surface area contributed by atoms with E-state index in [1.807, 2.05) is 36.2 Å². The molecule has 0 aliphatic carbocycles. The second-order valence-corrected chi connectivity index (χ2v) is 10.5. The lowest BCUT2D eigenvalue weighted by Crippen LogP contribution is -2.57. The van der Waals surface area contributed by atoms with Crippen LogP contribution >= 0.6 is 0 Å². The van der Waals surface area contributed by atoms with Crippen molar-refractivity contribution in [1.82, 2.24) is 25.2 Å². The maximum atomic E-state index is 13.0. The number of hydrogen-bond donors (Lipinski definition) is 2. The SMILES string of the molecule is Cc1cc(Nc2nccc(C(F)(F)F)n2)cc(-c2cncc(C34CCCN3C(=O)C4)c2)c1.O=C1CCCCCN1. The van der Waals surface area contributed by atoms with Crippen LogP contribution in [-0.2, 0) is 21.3 Å². The van der Waals surface area contributed by atoms with Gasteiger partial charge in [-0.25, -0.2) is 9.97 Å². The summed E-state index contributed by atoms with van der Waals surface area (Å²) in [5, 5.41) is 5.68. The van der Waals surface area contributed by atoms with E-state index in [1.54, 1.807) is 6.20 Å². The molecule has 0 saturated carbocycles. The van der Waals surface area contributed by atoms with Crippen LogP contribution in [0.2, 0.25) is 0 Å². The van der Waals surface area contributed by atoms with E-state index in [0.717, 1.165) is 79.7 Å². The van der Waals surface area contributed by atoms with Crippen molar-refractivity contribution >= 4 is 23.5 Å². The number of nitrogens with zero attached hydrogens (tertiary/aromatic N) is 4. The Balaban J connectivity index is 0.000000348. The number of aryl methyl sites for hydroxylation is 1. The van der Waals surface area contributed by atoms with Crippen LogP contribution in [0.25, 0.3) is 11.1 Å². The molecule has 8 nitrogen and oxygen atoms in total. The highest BCUT2D eigenvalue weighted by Crippen LogP contribution is 2.49. The average Bonchev–Trinajstić information content (AvgIpc) is 3.09. The number of nitrogens with one attached hydrogen (secondary N) is 2. The van der Waals surface area contributed by atoms with Crippen molar-refractivity contribution in [2.24, 2.45) is 0 Å². The van der Waals surface area contributed by atoms with Crippen molar-refractivity contribution in [3.8, 4) is 11.1 Å². The molecule has 0 spiro atoms. The van der Waals surface area contributed by atoms with Crippen LogP contribution in [0.4, 0.5) is 24.8 Å². The summed E-state index contributed by atoms with van der Waals surface area (Å²) in [6, 6.07) is 8.51. The third-order valence-corrected chi connectivity index (χ3v) is 7.52. The summed E-state index contributed by atoms with van der Waals surface area (Å²) in [6.07, 6.45) is 6.69.